The second-order valence-corrected chi connectivity index (χ2v) is 9.76. The van der Waals surface area contributed by atoms with Gasteiger partial charge in [0.2, 0.25) is 5.52 Å². The Balaban J connectivity index is 1.61. The van der Waals surface area contributed by atoms with Gasteiger partial charge < -0.3 is 28.4 Å². The van der Waals surface area contributed by atoms with E-state index >= 15 is 0 Å². The second kappa shape index (κ2) is 8.57. The van der Waals surface area contributed by atoms with Gasteiger partial charge in [-0.15, -0.1) is 11.0 Å². The summed E-state index contributed by atoms with van der Waals surface area (Å²) in [4.78, 5) is 2.04. The van der Waals surface area contributed by atoms with Crippen LogP contribution in [0.5, 0.6) is 34.5 Å². The van der Waals surface area contributed by atoms with Gasteiger partial charge in [-0.05, 0) is 29.8 Å². The Kier molecular flexibility index (Phi) is 5.18. The Morgan fingerprint density at radius 1 is 0.925 bits per heavy atom. The van der Waals surface area contributed by atoms with Gasteiger partial charge in [-0.1, -0.05) is 18.1 Å². The van der Waals surface area contributed by atoms with Gasteiger partial charge in [-0.3, -0.25) is 0 Å². The van der Waals surface area contributed by atoms with Gasteiger partial charge in [0.05, 0.1) is 34.5 Å². The summed E-state index contributed by atoms with van der Waals surface area (Å²) in [6.45, 7) is 0. The Morgan fingerprint density at radius 3 is 2.35 bits per heavy atom. The monoisotopic (exact) mass is 535 g/mol. The van der Waals surface area contributed by atoms with Crippen LogP contribution in [-0.2, 0) is 6.03 Å². The number of hydrogen-bond acceptors (Lipinski definition) is 7. The molecule has 0 saturated heterocycles. The predicted octanol–water partition coefficient (Wildman–Crippen LogP) is 4.93. The third-order valence-corrected chi connectivity index (χ3v) is 7.99. The van der Waals surface area contributed by atoms with Crippen LogP contribution in [0.25, 0.3) is 27.8 Å². The Morgan fingerprint density at radius 2 is 1.62 bits per heavy atom. The largest absolute Gasteiger partial charge is 0.556 e. The third-order valence-electron chi connectivity index (χ3n) is 7.99. The van der Waals surface area contributed by atoms with E-state index in [1.807, 2.05) is 59.1 Å². The van der Waals surface area contributed by atoms with Crippen LogP contribution in [0.15, 0.2) is 60.3 Å². The molecule has 40 heavy (non-hydrogen) atoms. The number of fused-ring (bicyclic) bond motifs is 1. The highest BCUT2D eigenvalue weighted by Gasteiger charge is 2.63. The summed E-state index contributed by atoms with van der Waals surface area (Å²) in [5.74, 6) is 6.20. The van der Waals surface area contributed by atoms with Gasteiger partial charge in [-0.2, -0.15) is 4.90 Å². The lowest BCUT2D eigenvalue weighted by Gasteiger charge is -2.46. The Labute approximate surface area is 231 Å². The molecular formula is C32H27N2O6+. The highest BCUT2D eigenvalue weighted by Crippen LogP contribution is 2.57. The summed E-state index contributed by atoms with van der Waals surface area (Å²) in [5, 5.41) is 2.77. The topological polar surface area (TPSA) is 62.5 Å². The summed E-state index contributed by atoms with van der Waals surface area (Å²) in [6.07, 6.45) is 13.5. The fourth-order valence-electron chi connectivity index (χ4n) is 6.25. The molecule has 1 aromatic heterocycles. The quantitative estimate of drug-likeness (QED) is 0.209. The molecule has 0 radical (unpaired) electrons. The van der Waals surface area contributed by atoms with E-state index in [-0.39, 0.29) is 6.04 Å². The first kappa shape index (κ1) is 24.2. The lowest BCUT2D eigenvalue weighted by atomic mass is 9.85. The van der Waals surface area contributed by atoms with Gasteiger partial charge in [0.25, 0.3) is 0 Å². The number of nitrogens with zero attached hydrogens (tertiary/aromatic N) is 2. The van der Waals surface area contributed by atoms with Crippen molar-refractivity contribution >= 4 is 27.8 Å². The van der Waals surface area contributed by atoms with Crippen molar-refractivity contribution in [3.05, 3.63) is 71.4 Å². The molecule has 8 heteroatoms. The lowest BCUT2D eigenvalue weighted by Crippen LogP contribution is -2.74. The van der Waals surface area contributed by atoms with Crippen molar-refractivity contribution in [3.8, 4) is 46.8 Å². The van der Waals surface area contributed by atoms with Crippen molar-refractivity contribution < 1.29 is 33.0 Å². The number of terminal acetylenes is 1. The van der Waals surface area contributed by atoms with E-state index in [0.717, 1.165) is 38.4 Å². The van der Waals surface area contributed by atoms with Crippen LogP contribution < -0.4 is 33.0 Å². The SMILES string of the molecule is C#CC=C1C=Cc2c(OC)cc(OC)c3c2C1N(C)C1(O3)Oc2c(OC)cc(OC)c3ccc4ccc[n+]1c4c23. The molecule has 200 valence electrons. The maximum Gasteiger partial charge on any atom is 0.556 e. The average molecular weight is 536 g/mol. The molecule has 2 aliphatic heterocycles. The zero-order valence-corrected chi connectivity index (χ0v) is 22.8. The average Bonchev–Trinajstić information content (AvgIpc) is 2.99. The molecular weight excluding hydrogens is 508 g/mol. The molecule has 4 aromatic rings. The smallest absolute Gasteiger partial charge is 0.496 e. The molecule has 0 fully saturated rings. The maximum atomic E-state index is 6.99. The summed E-state index contributed by atoms with van der Waals surface area (Å²) < 4.78 is 39.2. The van der Waals surface area contributed by atoms with Crippen LogP contribution in [-0.4, -0.2) is 40.4 Å². The minimum absolute atomic E-state index is 0.350. The van der Waals surface area contributed by atoms with Gasteiger partial charge in [-0.25, -0.2) is 0 Å². The molecule has 3 heterocycles. The van der Waals surface area contributed by atoms with Crippen molar-refractivity contribution in [1.82, 2.24) is 4.90 Å². The number of rotatable bonds is 4. The summed E-state index contributed by atoms with van der Waals surface area (Å²) in [6, 6.07) is 9.99. The van der Waals surface area contributed by atoms with Crippen molar-refractivity contribution in [2.45, 2.75) is 12.1 Å². The van der Waals surface area contributed by atoms with E-state index < -0.39 is 6.03 Å². The number of ether oxygens (including phenoxy) is 6. The fourth-order valence-corrected chi connectivity index (χ4v) is 6.25. The van der Waals surface area contributed by atoms with E-state index in [1.165, 1.54) is 0 Å². The van der Waals surface area contributed by atoms with E-state index in [2.05, 4.69) is 18.1 Å². The van der Waals surface area contributed by atoms with Crippen molar-refractivity contribution in [1.29, 1.82) is 0 Å². The number of allylic oxidation sites excluding steroid dienone is 1. The molecule has 1 spiro atoms. The molecule has 2 atom stereocenters. The number of likely N-dealkylation sites (N-methyl/N-ethyl adjacent to an activating group) is 1. The number of benzene rings is 3. The minimum atomic E-state index is -1.47. The molecule has 0 amide bonds. The first-order chi connectivity index (χ1) is 19.5. The molecule has 7 rings (SSSR count). The molecule has 3 aromatic carbocycles. The van der Waals surface area contributed by atoms with Crippen molar-refractivity contribution in [2.24, 2.45) is 0 Å². The van der Waals surface area contributed by atoms with E-state index in [4.69, 9.17) is 34.8 Å². The molecule has 2 unspecified atom stereocenters. The number of hydrogen-bond donors (Lipinski definition) is 0. The summed E-state index contributed by atoms with van der Waals surface area (Å²) >= 11 is 0. The molecule has 8 nitrogen and oxygen atoms in total. The van der Waals surface area contributed by atoms with Gasteiger partial charge in [0.1, 0.15) is 16.9 Å². The van der Waals surface area contributed by atoms with Crippen molar-refractivity contribution in [3.63, 3.8) is 0 Å². The standard InChI is InChI=1S/C32H27N2O6/c1-7-9-18-11-13-20-22(35-3)16-24(37-5)30-26(20)28(18)33(2)32(39-30)34-15-8-10-19-12-14-21-23(36-4)17-25(38-6)31(40-32)27(21)29(19)34/h1,8-17,28H,2-6H3/q+1. The van der Waals surface area contributed by atoms with Crippen LogP contribution in [0.2, 0.25) is 0 Å². The lowest BCUT2D eigenvalue weighted by molar-refractivity contribution is -0.850. The predicted molar refractivity (Wildman–Crippen MR) is 150 cm³/mol. The number of pyridine rings is 1. The van der Waals surface area contributed by atoms with E-state index in [0.29, 0.717) is 34.5 Å². The highest BCUT2D eigenvalue weighted by atomic mass is 16.8. The molecule has 3 aliphatic rings. The van der Waals surface area contributed by atoms with Gasteiger partial charge in [0, 0.05) is 47.1 Å². The zero-order valence-electron chi connectivity index (χ0n) is 22.8. The third kappa shape index (κ3) is 2.93. The minimum Gasteiger partial charge on any atom is -0.496 e. The maximum absolute atomic E-state index is 6.99. The summed E-state index contributed by atoms with van der Waals surface area (Å²) in [7, 11) is 8.47. The molecule has 0 N–H and O–H groups in total. The van der Waals surface area contributed by atoms with Crippen LogP contribution >= 0.6 is 0 Å². The highest BCUT2D eigenvalue weighted by molar-refractivity contribution is 6.10. The van der Waals surface area contributed by atoms with Crippen LogP contribution in [0.1, 0.15) is 17.2 Å². The second-order valence-electron chi connectivity index (χ2n) is 9.76. The van der Waals surface area contributed by atoms with E-state index in [1.54, 1.807) is 34.5 Å². The molecule has 1 aliphatic carbocycles. The van der Waals surface area contributed by atoms with Crippen LogP contribution in [0.3, 0.4) is 0 Å². The first-order valence-electron chi connectivity index (χ1n) is 12.8. The van der Waals surface area contributed by atoms with Gasteiger partial charge in [0.15, 0.2) is 29.2 Å². The number of aromatic nitrogens is 1. The Hall–Kier alpha value is -4.87. The van der Waals surface area contributed by atoms with Gasteiger partial charge >= 0.3 is 6.03 Å². The first-order valence-corrected chi connectivity index (χ1v) is 12.8. The fraction of sp³-hybridized carbons (Fsp3) is 0.219. The number of methoxy groups -OCH3 is 4. The Bertz CT molecular complexity index is 1850. The van der Waals surface area contributed by atoms with E-state index in [9.17, 15) is 0 Å². The van der Waals surface area contributed by atoms with Crippen LogP contribution in [0, 0.1) is 12.3 Å². The van der Waals surface area contributed by atoms with Crippen LogP contribution in [0.4, 0.5) is 0 Å². The molecule has 0 saturated carbocycles. The van der Waals surface area contributed by atoms with Crippen molar-refractivity contribution in [2.75, 3.05) is 35.5 Å². The normalized spacial score (nSPS) is 21.2. The molecule has 0 bridgehead atoms. The zero-order chi connectivity index (χ0) is 27.8. The summed E-state index contributed by atoms with van der Waals surface area (Å²) in [5.41, 5.74) is 3.59.